The molecule has 32 heavy (non-hydrogen) atoms. The van der Waals surface area contributed by atoms with Crippen molar-refractivity contribution in [1.82, 2.24) is 24.8 Å². The van der Waals surface area contributed by atoms with E-state index in [2.05, 4.69) is 15.0 Å². The first-order valence-corrected chi connectivity index (χ1v) is 11.4. The normalized spacial score (nSPS) is 14.4. The summed E-state index contributed by atoms with van der Waals surface area (Å²) in [4.78, 5) is 35.1. The number of benzene rings is 1. The first-order valence-electron chi connectivity index (χ1n) is 11.4. The Bertz CT molecular complexity index is 871. The number of amides is 2. The molecule has 0 saturated carbocycles. The van der Waals surface area contributed by atoms with Crippen LogP contribution in [-0.4, -0.2) is 89.1 Å². The third kappa shape index (κ3) is 6.29. The van der Waals surface area contributed by atoms with Gasteiger partial charge >= 0.3 is 0 Å². The number of nitrogens with zero attached hydrogens (tertiary/aromatic N) is 5. The Morgan fingerprint density at radius 2 is 1.75 bits per heavy atom. The lowest BCUT2D eigenvalue weighted by atomic mass is 10.2. The van der Waals surface area contributed by atoms with Gasteiger partial charge in [0.25, 0.3) is 0 Å². The van der Waals surface area contributed by atoms with E-state index >= 15 is 0 Å². The zero-order valence-corrected chi connectivity index (χ0v) is 19.2. The molecule has 9 heteroatoms. The minimum Gasteiger partial charge on any atom is -0.494 e. The predicted octanol–water partition coefficient (Wildman–Crippen LogP) is 2.08. The Balaban J connectivity index is 1.43. The topological polar surface area (TPSA) is 92.0 Å². The average molecular weight is 444 g/mol. The van der Waals surface area contributed by atoms with Gasteiger partial charge in [0.2, 0.25) is 23.5 Å². The van der Waals surface area contributed by atoms with Crippen LogP contribution in [0.2, 0.25) is 0 Å². The van der Waals surface area contributed by atoms with Crippen molar-refractivity contribution in [3.05, 3.63) is 30.2 Å². The van der Waals surface area contributed by atoms with Gasteiger partial charge in [-0.1, -0.05) is 5.16 Å². The molecule has 0 aliphatic carbocycles. The minimum absolute atomic E-state index is 0.0699. The van der Waals surface area contributed by atoms with E-state index in [0.717, 1.165) is 24.4 Å². The summed E-state index contributed by atoms with van der Waals surface area (Å²) in [7, 11) is 0. The monoisotopic (exact) mass is 443 g/mol. The summed E-state index contributed by atoms with van der Waals surface area (Å²) in [6.45, 7) is 11.1. The Morgan fingerprint density at radius 3 is 2.38 bits per heavy atom. The summed E-state index contributed by atoms with van der Waals surface area (Å²) in [5, 5.41) is 4.02. The second-order valence-corrected chi connectivity index (χ2v) is 7.69. The van der Waals surface area contributed by atoms with E-state index in [-0.39, 0.29) is 11.8 Å². The van der Waals surface area contributed by atoms with E-state index in [1.807, 2.05) is 54.8 Å². The Hall–Kier alpha value is -2.94. The zero-order chi connectivity index (χ0) is 22.9. The Kier molecular flexibility index (Phi) is 8.61. The Morgan fingerprint density at radius 1 is 1.06 bits per heavy atom. The Labute approximate surface area is 189 Å². The number of rotatable bonds is 10. The van der Waals surface area contributed by atoms with Crippen LogP contribution in [0.25, 0.3) is 11.4 Å². The molecule has 9 nitrogen and oxygen atoms in total. The molecule has 2 aromatic rings. The molecule has 1 aliphatic heterocycles. The van der Waals surface area contributed by atoms with Crippen LogP contribution in [0.1, 0.15) is 33.1 Å². The highest BCUT2D eigenvalue weighted by atomic mass is 16.5. The number of piperazine rings is 1. The molecule has 1 saturated heterocycles. The predicted molar refractivity (Wildman–Crippen MR) is 120 cm³/mol. The van der Waals surface area contributed by atoms with Crippen LogP contribution in [0, 0.1) is 0 Å². The molecule has 174 valence electrons. The van der Waals surface area contributed by atoms with Crippen molar-refractivity contribution in [3.63, 3.8) is 0 Å². The summed E-state index contributed by atoms with van der Waals surface area (Å²) in [6, 6.07) is 7.51. The number of aryl methyl sites for hydroxylation is 1. The molecule has 1 aromatic carbocycles. The van der Waals surface area contributed by atoms with Gasteiger partial charge in [-0.3, -0.25) is 14.5 Å². The van der Waals surface area contributed by atoms with E-state index in [0.29, 0.717) is 63.9 Å². The summed E-state index contributed by atoms with van der Waals surface area (Å²) >= 11 is 0. The van der Waals surface area contributed by atoms with Gasteiger partial charge in [0.15, 0.2) is 0 Å². The lowest BCUT2D eigenvalue weighted by Gasteiger charge is -2.35. The minimum atomic E-state index is 0.0699. The maximum absolute atomic E-state index is 12.6. The molecule has 1 fully saturated rings. The summed E-state index contributed by atoms with van der Waals surface area (Å²) < 4.78 is 10.8. The van der Waals surface area contributed by atoms with Crippen molar-refractivity contribution in [2.24, 2.45) is 0 Å². The van der Waals surface area contributed by atoms with E-state index < -0.39 is 0 Å². The zero-order valence-electron chi connectivity index (χ0n) is 19.2. The largest absolute Gasteiger partial charge is 0.494 e. The van der Waals surface area contributed by atoms with Crippen molar-refractivity contribution in [1.29, 1.82) is 0 Å². The molecule has 0 radical (unpaired) electrons. The van der Waals surface area contributed by atoms with Crippen molar-refractivity contribution < 1.29 is 18.8 Å². The van der Waals surface area contributed by atoms with Crippen molar-refractivity contribution >= 4 is 11.8 Å². The van der Waals surface area contributed by atoms with Crippen LogP contribution in [0.15, 0.2) is 28.8 Å². The highest BCUT2D eigenvalue weighted by Crippen LogP contribution is 2.20. The maximum atomic E-state index is 12.6. The molecule has 0 atom stereocenters. The second-order valence-electron chi connectivity index (χ2n) is 7.69. The van der Waals surface area contributed by atoms with Gasteiger partial charge in [0.05, 0.1) is 13.2 Å². The molecular weight excluding hydrogens is 410 g/mol. The number of carbonyl (C=O) groups is 2. The number of hydrogen-bond donors (Lipinski definition) is 0. The first kappa shape index (κ1) is 23.7. The third-order valence-electron chi connectivity index (χ3n) is 5.64. The maximum Gasteiger partial charge on any atom is 0.236 e. The summed E-state index contributed by atoms with van der Waals surface area (Å²) in [5.74, 6) is 1.96. The quantitative estimate of drug-likeness (QED) is 0.555. The molecule has 1 aromatic heterocycles. The molecule has 0 spiro atoms. The van der Waals surface area contributed by atoms with Gasteiger partial charge in [-0.25, -0.2) is 0 Å². The van der Waals surface area contributed by atoms with Gasteiger partial charge in [0.1, 0.15) is 5.75 Å². The lowest BCUT2D eigenvalue weighted by molar-refractivity contribution is -0.135. The first-order chi connectivity index (χ1) is 15.5. The standard InChI is InChI=1S/C23H33N5O4/c1-4-27(5-2)22(30)17-26-13-15-28(16-14-26)21(29)12-11-20-24-23(25-32-20)18-7-9-19(10-8-18)31-6-3/h7-10H,4-6,11-17H2,1-3H3. The molecule has 2 amide bonds. The molecule has 0 unspecified atom stereocenters. The van der Waals surface area contributed by atoms with Gasteiger partial charge in [-0.05, 0) is 45.0 Å². The summed E-state index contributed by atoms with van der Waals surface area (Å²) in [5.41, 5.74) is 0.838. The van der Waals surface area contributed by atoms with E-state index in [4.69, 9.17) is 9.26 Å². The lowest BCUT2D eigenvalue weighted by Crippen LogP contribution is -2.51. The van der Waals surface area contributed by atoms with Crippen LogP contribution in [0.5, 0.6) is 5.75 Å². The summed E-state index contributed by atoms with van der Waals surface area (Å²) in [6.07, 6.45) is 0.729. The molecule has 0 N–H and O–H groups in total. The average Bonchev–Trinajstić information content (AvgIpc) is 3.28. The fraction of sp³-hybridized carbons (Fsp3) is 0.565. The van der Waals surface area contributed by atoms with Crippen LogP contribution in [-0.2, 0) is 16.0 Å². The molecule has 0 bridgehead atoms. The van der Waals surface area contributed by atoms with E-state index in [1.165, 1.54) is 0 Å². The number of ether oxygens (including phenoxy) is 1. The van der Waals surface area contributed by atoms with Gasteiger partial charge in [0, 0.05) is 57.7 Å². The highest BCUT2D eigenvalue weighted by molar-refractivity contribution is 5.78. The van der Waals surface area contributed by atoms with Gasteiger partial charge < -0.3 is 19.1 Å². The number of carbonyl (C=O) groups excluding carboxylic acids is 2. The van der Waals surface area contributed by atoms with Crippen LogP contribution in [0.3, 0.4) is 0 Å². The van der Waals surface area contributed by atoms with Crippen molar-refractivity contribution in [2.75, 3.05) is 52.4 Å². The SMILES string of the molecule is CCOc1ccc(-c2noc(CCC(=O)N3CCN(CC(=O)N(CC)CC)CC3)n2)cc1. The number of hydrogen-bond acceptors (Lipinski definition) is 7. The molecule has 2 heterocycles. The van der Waals surface area contributed by atoms with Crippen LogP contribution in [0.4, 0.5) is 0 Å². The van der Waals surface area contributed by atoms with Crippen molar-refractivity contribution in [3.8, 4) is 17.1 Å². The van der Waals surface area contributed by atoms with Gasteiger partial charge in [-0.2, -0.15) is 4.98 Å². The highest BCUT2D eigenvalue weighted by Gasteiger charge is 2.24. The third-order valence-corrected chi connectivity index (χ3v) is 5.64. The smallest absolute Gasteiger partial charge is 0.236 e. The number of aromatic nitrogens is 2. The molecule has 3 rings (SSSR count). The number of likely N-dealkylation sites (N-methyl/N-ethyl adjacent to an activating group) is 1. The van der Waals surface area contributed by atoms with Gasteiger partial charge in [-0.15, -0.1) is 0 Å². The molecule has 1 aliphatic rings. The van der Waals surface area contributed by atoms with Crippen LogP contribution >= 0.6 is 0 Å². The second kappa shape index (κ2) is 11.6. The van der Waals surface area contributed by atoms with Crippen molar-refractivity contribution in [2.45, 2.75) is 33.6 Å². The van der Waals surface area contributed by atoms with E-state index in [1.54, 1.807) is 0 Å². The van der Waals surface area contributed by atoms with E-state index in [9.17, 15) is 9.59 Å². The fourth-order valence-electron chi connectivity index (χ4n) is 3.74. The molecular formula is C23H33N5O4. The van der Waals surface area contributed by atoms with Crippen LogP contribution < -0.4 is 4.74 Å². The fourth-order valence-corrected chi connectivity index (χ4v) is 3.74.